The van der Waals surface area contributed by atoms with Crippen LogP contribution in [0.2, 0.25) is 0 Å². The fourth-order valence-electron chi connectivity index (χ4n) is 3.05. The lowest BCUT2D eigenvalue weighted by Gasteiger charge is -2.06. The molecule has 0 spiro atoms. The first-order valence-electron chi connectivity index (χ1n) is 8.73. The van der Waals surface area contributed by atoms with E-state index in [1.807, 2.05) is 72.8 Å². The summed E-state index contributed by atoms with van der Waals surface area (Å²) in [7, 11) is 1.62. The molecule has 1 aliphatic rings. The SMILES string of the molecule is COc1ccc(C#C[C@]2(C(=O)c3ccccc3)O[C@@H]2c2ccccc2)cc1. The summed E-state index contributed by atoms with van der Waals surface area (Å²) in [5.74, 6) is 6.86. The molecule has 3 aromatic carbocycles. The number of rotatable bonds is 4. The Bertz CT molecular complexity index is 998. The van der Waals surface area contributed by atoms with E-state index in [1.165, 1.54) is 0 Å². The van der Waals surface area contributed by atoms with Crippen LogP contribution in [0.1, 0.15) is 27.6 Å². The van der Waals surface area contributed by atoms with Crippen molar-refractivity contribution in [3.8, 4) is 17.6 Å². The van der Waals surface area contributed by atoms with Gasteiger partial charge < -0.3 is 9.47 Å². The van der Waals surface area contributed by atoms with Crippen LogP contribution < -0.4 is 4.74 Å². The van der Waals surface area contributed by atoms with Crippen LogP contribution in [-0.2, 0) is 4.74 Å². The normalized spacial score (nSPS) is 20.3. The van der Waals surface area contributed by atoms with Gasteiger partial charge in [-0.3, -0.25) is 4.79 Å². The topological polar surface area (TPSA) is 38.8 Å². The van der Waals surface area contributed by atoms with E-state index in [2.05, 4.69) is 11.8 Å². The molecule has 0 amide bonds. The van der Waals surface area contributed by atoms with Crippen LogP contribution in [-0.4, -0.2) is 18.5 Å². The van der Waals surface area contributed by atoms with Crippen molar-refractivity contribution in [3.63, 3.8) is 0 Å². The molecule has 1 heterocycles. The van der Waals surface area contributed by atoms with E-state index in [-0.39, 0.29) is 11.9 Å². The molecule has 3 nitrogen and oxygen atoms in total. The standard InChI is InChI=1S/C24H18O3/c1-26-21-14-12-18(13-15-21)16-17-24(22(25)19-8-4-2-5-9-19)23(27-24)20-10-6-3-7-11-20/h2-15,23H,1H3/t23-,24-/m1/s1. The summed E-state index contributed by atoms with van der Waals surface area (Å²) in [5.41, 5.74) is 1.20. The molecular formula is C24H18O3. The van der Waals surface area contributed by atoms with Gasteiger partial charge in [-0.25, -0.2) is 0 Å². The largest absolute Gasteiger partial charge is 0.497 e. The minimum atomic E-state index is -1.15. The maximum atomic E-state index is 13.2. The van der Waals surface area contributed by atoms with Gasteiger partial charge in [0.25, 0.3) is 0 Å². The van der Waals surface area contributed by atoms with Crippen LogP contribution in [0.25, 0.3) is 0 Å². The van der Waals surface area contributed by atoms with Crippen LogP contribution in [0.3, 0.4) is 0 Å². The Labute approximate surface area is 158 Å². The molecule has 0 radical (unpaired) electrons. The number of carbonyl (C=O) groups is 1. The smallest absolute Gasteiger partial charge is 0.223 e. The first-order chi connectivity index (χ1) is 13.2. The summed E-state index contributed by atoms with van der Waals surface area (Å²) in [5, 5.41) is 0. The van der Waals surface area contributed by atoms with Crippen molar-refractivity contribution >= 4 is 5.78 Å². The van der Waals surface area contributed by atoms with Crippen LogP contribution in [0.4, 0.5) is 0 Å². The van der Waals surface area contributed by atoms with E-state index in [1.54, 1.807) is 19.2 Å². The summed E-state index contributed by atoms with van der Waals surface area (Å²) in [6, 6.07) is 26.3. The number of methoxy groups -OCH3 is 1. The summed E-state index contributed by atoms with van der Waals surface area (Å²) in [6.45, 7) is 0. The van der Waals surface area contributed by atoms with Crippen molar-refractivity contribution in [2.75, 3.05) is 7.11 Å². The Hall–Kier alpha value is -3.35. The Morgan fingerprint density at radius 1 is 0.926 bits per heavy atom. The zero-order valence-corrected chi connectivity index (χ0v) is 14.9. The highest BCUT2D eigenvalue weighted by atomic mass is 16.6. The molecule has 3 aromatic rings. The quantitative estimate of drug-likeness (QED) is 0.395. The third-order valence-electron chi connectivity index (χ3n) is 4.57. The van der Waals surface area contributed by atoms with Gasteiger partial charge in [0, 0.05) is 11.1 Å². The molecule has 4 rings (SSSR count). The summed E-state index contributed by atoms with van der Waals surface area (Å²) < 4.78 is 11.1. The van der Waals surface area contributed by atoms with Crippen molar-refractivity contribution in [2.45, 2.75) is 11.7 Å². The molecule has 0 aromatic heterocycles. The fraction of sp³-hybridized carbons (Fsp3) is 0.125. The van der Waals surface area contributed by atoms with Gasteiger partial charge in [0.1, 0.15) is 11.9 Å². The molecule has 1 saturated heterocycles. The number of Topliss-reactive ketones (excluding diaryl/α,β-unsaturated/α-hetero) is 1. The third kappa shape index (κ3) is 3.36. The van der Waals surface area contributed by atoms with E-state index in [4.69, 9.17) is 9.47 Å². The number of ketones is 1. The molecule has 2 atom stereocenters. The zero-order chi connectivity index (χ0) is 18.7. The predicted molar refractivity (Wildman–Crippen MR) is 104 cm³/mol. The van der Waals surface area contributed by atoms with E-state index in [9.17, 15) is 4.79 Å². The van der Waals surface area contributed by atoms with Gasteiger partial charge in [0.2, 0.25) is 11.4 Å². The van der Waals surface area contributed by atoms with Crippen LogP contribution in [0.15, 0.2) is 84.9 Å². The first-order valence-corrected chi connectivity index (χ1v) is 8.73. The first kappa shape index (κ1) is 17.1. The second-order valence-corrected chi connectivity index (χ2v) is 6.32. The highest BCUT2D eigenvalue weighted by molar-refractivity contribution is 6.07. The number of carbonyl (C=O) groups excluding carboxylic acids is 1. The monoisotopic (exact) mass is 354 g/mol. The fourth-order valence-corrected chi connectivity index (χ4v) is 3.05. The van der Waals surface area contributed by atoms with Gasteiger partial charge in [-0.1, -0.05) is 72.5 Å². The average molecular weight is 354 g/mol. The molecule has 0 saturated carbocycles. The molecule has 0 N–H and O–H groups in total. The van der Waals surface area contributed by atoms with E-state index in [0.29, 0.717) is 5.56 Å². The number of hydrogen-bond acceptors (Lipinski definition) is 3. The third-order valence-corrected chi connectivity index (χ3v) is 4.57. The maximum Gasteiger partial charge on any atom is 0.223 e. The second-order valence-electron chi connectivity index (χ2n) is 6.32. The van der Waals surface area contributed by atoms with Gasteiger partial charge in [-0.2, -0.15) is 0 Å². The average Bonchev–Trinajstić information content (AvgIpc) is 3.49. The number of hydrogen-bond donors (Lipinski definition) is 0. The molecular weight excluding hydrogens is 336 g/mol. The van der Waals surface area contributed by atoms with Gasteiger partial charge in [0.15, 0.2) is 0 Å². The van der Waals surface area contributed by atoms with Crippen molar-refractivity contribution in [3.05, 3.63) is 102 Å². The minimum absolute atomic E-state index is 0.113. The van der Waals surface area contributed by atoms with Gasteiger partial charge >= 0.3 is 0 Å². The Morgan fingerprint density at radius 3 is 2.19 bits per heavy atom. The van der Waals surface area contributed by atoms with Crippen molar-refractivity contribution in [1.82, 2.24) is 0 Å². The Kier molecular flexibility index (Phi) is 4.50. The van der Waals surface area contributed by atoms with Crippen molar-refractivity contribution in [1.29, 1.82) is 0 Å². The molecule has 27 heavy (non-hydrogen) atoms. The van der Waals surface area contributed by atoms with E-state index in [0.717, 1.165) is 16.9 Å². The van der Waals surface area contributed by atoms with Crippen LogP contribution in [0.5, 0.6) is 5.75 Å². The lowest BCUT2D eigenvalue weighted by atomic mass is 9.91. The van der Waals surface area contributed by atoms with E-state index >= 15 is 0 Å². The predicted octanol–water partition coefficient (Wildman–Crippen LogP) is 4.44. The molecule has 3 heteroatoms. The highest BCUT2D eigenvalue weighted by Crippen LogP contribution is 2.51. The number of benzene rings is 3. The summed E-state index contributed by atoms with van der Waals surface area (Å²) in [4.78, 5) is 13.2. The molecule has 1 fully saturated rings. The van der Waals surface area contributed by atoms with Crippen molar-refractivity contribution < 1.29 is 14.3 Å². The van der Waals surface area contributed by atoms with Gasteiger partial charge in [-0.15, -0.1) is 0 Å². The van der Waals surface area contributed by atoms with Crippen LogP contribution in [0, 0.1) is 11.8 Å². The Morgan fingerprint density at radius 2 is 1.56 bits per heavy atom. The molecule has 1 aliphatic heterocycles. The lowest BCUT2D eigenvalue weighted by Crippen LogP contribution is -2.24. The van der Waals surface area contributed by atoms with E-state index < -0.39 is 5.60 Å². The zero-order valence-electron chi connectivity index (χ0n) is 14.9. The minimum Gasteiger partial charge on any atom is -0.497 e. The Balaban J connectivity index is 1.70. The highest BCUT2D eigenvalue weighted by Gasteiger charge is 2.62. The van der Waals surface area contributed by atoms with Gasteiger partial charge in [0.05, 0.1) is 7.11 Å². The summed E-state index contributed by atoms with van der Waals surface area (Å²) in [6.07, 6.45) is -0.364. The summed E-state index contributed by atoms with van der Waals surface area (Å²) >= 11 is 0. The second kappa shape index (κ2) is 7.11. The number of epoxide rings is 1. The number of ether oxygens (including phenoxy) is 2. The lowest BCUT2D eigenvalue weighted by molar-refractivity contribution is 0.0916. The van der Waals surface area contributed by atoms with Crippen LogP contribution >= 0.6 is 0 Å². The molecule has 132 valence electrons. The molecule has 0 unspecified atom stereocenters. The van der Waals surface area contributed by atoms with Crippen molar-refractivity contribution in [2.24, 2.45) is 0 Å². The molecule has 0 bridgehead atoms. The van der Waals surface area contributed by atoms with Gasteiger partial charge in [-0.05, 0) is 29.8 Å². The molecule has 0 aliphatic carbocycles. The maximum absolute atomic E-state index is 13.2.